The van der Waals surface area contributed by atoms with Crippen LogP contribution in [0.4, 0.5) is 0 Å². The SMILES string of the molecule is Cn1ccc2cc(-c3ccccc3O)ccc21. The van der Waals surface area contributed by atoms with E-state index in [1.807, 2.05) is 37.5 Å². The Morgan fingerprint density at radius 2 is 1.82 bits per heavy atom. The summed E-state index contributed by atoms with van der Waals surface area (Å²) in [6.45, 7) is 0. The minimum absolute atomic E-state index is 0.322. The number of aromatic hydroxyl groups is 1. The summed E-state index contributed by atoms with van der Waals surface area (Å²) in [5.74, 6) is 0.322. The molecule has 0 aliphatic rings. The highest BCUT2D eigenvalue weighted by Gasteiger charge is 2.05. The Morgan fingerprint density at radius 3 is 2.65 bits per heavy atom. The van der Waals surface area contributed by atoms with Crippen molar-refractivity contribution in [3.8, 4) is 16.9 Å². The molecule has 84 valence electrons. The number of hydrogen-bond donors (Lipinski definition) is 1. The number of benzene rings is 2. The molecular weight excluding hydrogens is 210 g/mol. The lowest BCUT2D eigenvalue weighted by molar-refractivity contribution is 0.477. The van der Waals surface area contributed by atoms with Crippen molar-refractivity contribution in [2.45, 2.75) is 0 Å². The average molecular weight is 223 g/mol. The highest BCUT2D eigenvalue weighted by Crippen LogP contribution is 2.30. The van der Waals surface area contributed by atoms with Crippen molar-refractivity contribution >= 4 is 10.9 Å². The van der Waals surface area contributed by atoms with Crippen LogP contribution in [0.3, 0.4) is 0 Å². The molecule has 0 saturated carbocycles. The summed E-state index contributed by atoms with van der Waals surface area (Å²) >= 11 is 0. The van der Waals surface area contributed by atoms with E-state index in [1.54, 1.807) is 6.07 Å². The molecule has 0 amide bonds. The van der Waals surface area contributed by atoms with Gasteiger partial charge in [-0.15, -0.1) is 0 Å². The molecule has 3 aromatic rings. The van der Waals surface area contributed by atoms with Gasteiger partial charge in [-0.25, -0.2) is 0 Å². The molecule has 0 saturated heterocycles. The Balaban J connectivity index is 2.22. The normalized spacial score (nSPS) is 10.9. The fourth-order valence-electron chi connectivity index (χ4n) is 2.17. The van der Waals surface area contributed by atoms with Crippen LogP contribution in [-0.2, 0) is 7.05 Å². The first kappa shape index (κ1) is 9.97. The van der Waals surface area contributed by atoms with E-state index < -0.39 is 0 Å². The maximum absolute atomic E-state index is 9.84. The summed E-state index contributed by atoms with van der Waals surface area (Å²) in [5.41, 5.74) is 3.12. The summed E-state index contributed by atoms with van der Waals surface area (Å²) in [6.07, 6.45) is 2.04. The van der Waals surface area contributed by atoms with Crippen molar-refractivity contribution in [2.75, 3.05) is 0 Å². The van der Waals surface area contributed by atoms with Crippen LogP contribution >= 0.6 is 0 Å². The topological polar surface area (TPSA) is 25.2 Å². The molecule has 2 heteroatoms. The van der Waals surface area contributed by atoms with Gasteiger partial charge in [0, 0.05) is 29.7 Å². The third-order valence-electron chi connectivity index (χ3n) is 3.10. The molecule has 0 atom stereocenters. The number of para-hydroxylation sites is 1. The Bertz CT molecular complexity index is 682. The zero-order chi connectivity index (χ0) is 11.8. The minimum atomic E-state index is 0.322. The number of rotatable bonds is 1. The van der Waals surface area contributed by atoms with Crippen molar-refractivity contribution < 1.29 is 5.11 Å². The number of phenols is 1. The molecule has 0 spiro atoms. The molecule has 1 aromatic heterocycles. The maximum Gasteiger partial charge on any atom is 0.123 e. The molecule has 1 heterocycles. The predicted molar refractivity (Wildman–Crippen MR) is 70.0 cm³/mol. The van der Waals surface area contributed by atoms with Crippen molar-refractivity contribution in [1.29, 1.82) is 0 Å². The average Bonchev–Trinajstić information content (AvgIpc) is 2.71. The van der Waals surface area contributed by atoms with Gasteiger partial charge >= 0.3 is 0 Å². The molecule has 0 unspecified atom stereocenters. The lowest BCUT2D eigenvalue weighted by Gasteiger charge is -2.05. The number of fused-ring (bicyclic) bond motifs is 1. The third kappa shape index (κ3) is 1.58. The lowest BCUT2D eigenvalue weighted by Crippen LogP contribution is -1.84. The van der Waals surface area contributed by atoms with Gasteiger partial charge in [-0.05, 0) is 29.8 Å². The van der Waals surface area contributed by atoms with Gasteiger partial charge in [0.15, 0.2) is 0 Å². The Morgan fingerprint density at radius 1 is 1.00 bits per heavy atom. The lowest BCUT2D eigenvalue weighted by atomic mass is 10.0. The van der Waals surface area contributed by atoms with Gasteiger partial charge in [0.25, 0.3) is 0 Å². The molecule has 2 nitrogen and oxygen atoms in total. The first-order valence-electron chi connectivity index (χ1n) is 5.59. The highest BCUT2D eigenvalue weighted by atomic mass is 16.3. The van der Waals surface area contributed by atoms with E-state index in [0.29, 0.717) is 5.75 Å². The van der Waals surface area contributed by atoms with E-state index in [4.69, 9.17) is 0 Å². The standard InChI is InChI=1S/C15H13NO/c1-16-9-8-12-10-11(6-7-14(12)16)13-4-2-3-5-15(13)17/h2-10,17H,1H3. The van der Waals surface area contributed by atoms with Crippen LogP contribution in [0.2, 0.25) is 0 Å². The smallest absolute Gasteiger partial charge is 0.123 e. The molecule has 0 fully saturated rings. The summed E-state index contributed by atoms with van der Waals surface area (Å²) < 4.78 is 2.09. The van der Waals surface area contributed by atoms with Crippen LogP contribution in [0, 0.1) is 0 Å². The Kier molecular flexibility index (Phi) is 2.15. The fourth-order valence-corrected chi connectivity index (χ4v) is 2.17. The molecule has 0 aliphatic heterocycles. The first-order valence-corrected chi connectivity index (χ1v) is 5.59. The van der Waals surface area contributed by atoms with Crippen LogP contribution in [-0.4, -0.2) is 9.67 Å². The van der Waals surface area contributed by atoms with Gasteiger partial charge in [0.2, 0.25) is 0 Å². The third-order valence-corrected chi connectivity index (χ3v) is 3.10. The van der Waals surface area contributed by atoms with E-state index in [9.17, 15) is 5.11 Å². The van der Waals surface area contributed by atoms with Crippen molar-refractivity contribution in [3.63, 3.8) is 0 Å². The monoisotopic (exact) mass is 223 g/mol. The number of phenolic OH excluding ortho intramolecular Hbond substituents is 1. The van der Waals surface area contributed by atoms with Gasteiger partial charge in [-0.1, -0.05) is 24.3 Å². The summed E-state index contributed by atoms with van der Waals surface area (Å²) in [5, 5.41) is 11.0. The molecule has 17 heavy (non-hydrogen) atoms. The summed E-state index contributed by atoms with van der Waals surface area (Å²) in [6, 6.07) is 15.7. The van der Waals surface area contributed by atoms with Crippen LogP contribution < -0.4 is 0 Å². The second kappa shape index (κ2) is 3.67. The Labute approximate surface area is 99.7 Å². The van der Waals surface area contributed by atoms with E-state index in [1.165, 1.54) is 10.9 Å². The predicted octanol–water partition coefficient (Wildman–Crippen LogP) is 3.55. The zero-order valence-electron chi connectivity index (χ0n) is 9.59. The van der Waals surface area contributed by atoms with E-state index in [-0.39, 0.29) is 0 Å². The van der Waals surface area contributed by atoms with Crippen LogP contribution in [0.25, 0.3) is 22.0 Å². The fraction of sp³-hybridized carbons (Fsp3) is 0.0667. The number of aryl methyl sites for hydroxylation is 1. The quantitative estimate of drug-likeness (QED) is 0.670. The van der Waals surface area contributed by atoms with Gasteiger partial charge in [-0.2, -0.15) is 0 Å². The molecule has 3 rings (SSSR count). The molecule has 0 aliphatic carbocycles. The van der Waals surface area contributed by atoms with E-state index in [2.05, 4.69) is 22.8 Å². The van der Waals surface area contributed by atoms with E-state index >= 15 is 0 Å². The zero-order valence-corrected chi connectivity index (χ0v) is 9.59. The van der Waals surface area contributed by atoms with Gasteiger partial charge in [0.05, 0.1) is 0 Å². The highest BCUT2D eigenvalue weighted by molar-refractivity contribution is 5.86. The number of nitrogens with zero attached hydrogens (tertiary/aromatic N) is 1. The summed E-state index contributed by atoms with van der Waals surface area (Å²) in [7, 11) is 2.03. The number of hydrogen-bond acceptors (Lipinski definition) is 1. The van der Waals surface area contributed by atoms with Crippen LogP contribution in [0.5, 0.6) is 5.75 Å². The molecule has 2 aromatic carbocycles. The maximum atomic E-state index is 9.84. The minimum Gasteiger partial charge on any atom is -0.507 e. The number of aromatic nitrogens is 1. The largest absolute Gasteiger partial charge is 0.507 e. The Hall–Kier alpha value is -2.22. The molecule has 1 N–H and O–H groups in total. The van der Waals surface area contributed by atoms with Gasteiger partial charge in [0.1, 0.15) is 5.75 Å². The summed E-state index contributed by atoms with van der Waals surface area (Å²) in [4.78, 5) is 0. The molecule has 0 bridgehead atoms. The molecule has 0 radical (unpaired) electrons. The van der Waals surface area contributed by atoms with Crippen molar-refractivity contribution in [3.05, 3.63) is 54.7 Å². The second-order valence-corrected chi connectivity index (χ2v) is 4.22. The van der Waals surface area contributed by atoms with Gasteiger partial charge < -0.3 is 9.67 Å². The van der Waals surface area contributed by atoms with Crippen LogP contribution in [0.15, 0.2) is 54.7 Å². The second-order valence-electron chi connectivity index (χ2n) is 4.22. The van der Waals surface area contributed by atoms with E-state index in [0.717, 1.165) is 11.1 Å². The van der Waals surface area contributed by atoms with Gasteiger partial charge in [-0.3, -0.25) is 0 Å². The van der Waals surface area contributed by atoms with Crippen molar-refractivity contribution in [2.24, 2.45) is 7.05 Å². The van der Waals surface area contributed by atoms with Crippen molar-refractivity contribution in [1.82, 2.24) is 4.57 Å². The first-order chi connectivity index (χ1) is 8.25. The van der Waals surface area contributed by atoms with Crippen LogP contribution in [0.1, 0.15) is 0 Å². The molecular formula is C15H13NO.